The summed E-state index contributed by atoms with van der Waals surface area (Å²) in [6, 6.07) is 12.6. The highest BCUT2D eigenvalue weighted by molar-refractivity contribution is 7.87. The maximum atomic E-state index is 12.7. The first kappa shape index (κ1) is 21.2. The molecule has 0 aliphatic carbocycles. The zero-order valence-electron chi connectivity index (χ0n) is 16.3. The number of nitrogens with one attached hydrogen (secondary N) is 1. The summed E-state index contributed by atoms with van der Waals surface area (Å²) in [6.45, 7) is 2.63. The normalized spacial score (nSPS) is 17.6. The van der Waals surface area contributed by atoms with E-state index >= 15 is 0 Å². The van der Waals surface area contributed by atoms with Crippen LogP contribution in [0.1, 0.15) is 25.3 Å². The first-order chi connectivity index (χ1) is 14.0. The Morgan fingerprint density at radius 1 is 1.28 bits per heavy atom. The number of hydrogen-bond acceptors (Lipinski definition) is 6. The molecule has 2 aromatic rings. The summed E-state index contributed by atoms with van der Waals surface area (Å²) in [5.74, 6) is 0.264. The van der Waals surface area contributed by atoms with Crippen molar-refractivity contribution in [1.29, 1.82) is 0 Å². The molecule has 1 aliphatic heterocycles. The molecule has 0 saturated carbocycles. The molecule has 1 atom stereocenters. The predicted octanol–water partition coefficient (Wildman–Crippen LogP) is 2.48. The van der Waals surface area contributed by atoms with Crippen molar-refractivity contribution in [3.63, 3.8) is 0 Å². The van der Waals surface area contributed by atoms with Gasteiger partial charge in [-0.2, -0.15) is 17.4 Å². The molecule has 1 saturated heterocycles. The van der Waals surface area contributed by atoms with Crippen LogP contribution in [0.4, 0.5) is 0 Å². The van der Waals surface area contributed by atoms with Gasteiger partial charge in [-0.25, -0.2) is 4.98 Å². The van der Waals surface area contributed by atoms with Crippen LogP contribution in [0.15, 0.2) is 48.7 Å². The van der Waals surface area contributed by atoms with Crippen LogP contribution in [0.5, 0.6) is 11.6 Å². The molecule has 2 heterocycles. The zero-order chi connectivity index (χ0) is 20.7. The second kappa shape index (κ2) is 9.82. The third-order valence-electron chi connectivity index (χ3n) is 4.57. The lowest BCUT2D eigenvalue weighted by Crippen LogP contribution is -2.47. The molecule has 1 N–H and O–H groups in total. The second-order valence-electron chi connectivity index (χ2n) is 6.69. The second-order valence-corrected chi connectivity index (χ2v) is 8.45. The number of nitrogens with zero attached hydrogens (tertiary/aromatic N) is 2. The number of esters is 1. The van der Waals surface area contributed by atoms with Crippen LogP contribution < -0.4 is 9.46 Å². The Kier molecular flexibility index (Phi) is 7.18. The number of ether oxygens (including phenoxy) is 2. The molecule has 0 bridgehead atoms. The summed E-state index contributed by atoms with van der Waals surface area (Å²) in [4.78, 5) is 16.1. The van der Waals surface area contributed by atoms with Crippen molar-refractivity contribution in [1.82, 2.24) is 14.0 Å². The molecule has 0 amide bonds. The standard InChI is InChI=1S/C20H25N3O5S/c1-2-27-20(24)17-7-6-12-23(15-17)29(25,26)22-14-16-10-11-21-19(13-16)28-18-8-4-3-5-9-18/h3-5,8-11,13,17,22H,2,6-7,12,14-15H2,1H3/t17-/m0/s1. The summed E-state index contributed by atoms with van der Waals surface area (Å²) in [6.07, 6.45) is 2.82. The number of aromatic nitrogens is 1. The third-order valence-corrected chi connectivity index (χ3v) is 6.09. The highest BCUT2D eigenvalue weighted by Crippen LogP contribution is 2.21. The topological polar surface area (TPSA) is 97.8 Å². The SMILES string of the molecule is CCOC(=O)[C@H]1CCCN(S(=O)(=O)NCc2ccnc(Oc3ccccc3)c2)C1. The monoisotopic (exact) mass is 419 g/mol. The summed E-state index contributed by atoms with van der Waals surface area (Å²) >= 11 is 0. The van der Waals surface area contributed by atoms with Crippen molar-refractivity contribution in [2.75, 3.05) is 19.7 Å². The Labute approximate surface area is 171 Å². The van der Waals surface area contributed by atoms with E-state index in [1.807, 2.05) is 30.3 Å². The first-order valence-corrected chi connectivity index (χ1v) is 11.0. The van der Waals surface area contributed by atoms with Crippen molar-refractivity contribution in [2.24, 2.45) is 5.92 Å². The van der Waals surface area contributed by atoms with Gasteiger partial charge in [0.1, 0.15) is 5.75 Å². The molecular weight excluding hydrogens is 394 g/mol. The van der Waals surface area contributed by atoms with E-state index in [0.29, 0.717) is 36.6 Å². The van der Waals surface area contributed by atoms with Crippen molar-refractivity contribution < 1.29 is 22.7 Å². The van der Waals surface area contributed by atoms with Crippen LogP contribution in [-0.2, 0) is 26.3 Å². The minimum atomic E-state index is -3.72. The van der Waals surface area contributed by atoms with Crippen molar-refractivity contribution in [2.45, 2.75) is 26.3 Å². The van der Waals surface area contributed by atoms with Crippen LogP contribution in [0.2, 0.25) is 0 Å². The molecule has 0 spiro atoms. The molecule has 1 aromatic heterocycles. The lowest BCUT2D eigenvalue weighted by Gasteiger charge is -2.30. The summed E-state index contributed by atoms with van der Waals surface area (Å²) in [7, 11) is -3.72. The Balaban J connectivity index is 1.60. The number of rotatable bonds is 8. The number of piperidine rings is 1. The van der Waals surface area contributed by atoms with E-state index in [4.69, 9.17) is 9.47 Å². The predicted molar refractivity (Wildman–Crippen MR) is 107 cm³/mol. The van der Waals surface area contributed by atoms with Crippen LogP contribution in [0.3, 0.4) is 0 Å². The molecule has 3 rings (SSSR count). The lowest BCUT2D eigenvalue weighted by molar-refractivity contribution is -0.149. The number of para-hydroxylation sites is 1. The van der Waals surface area contributed by atoms with Gasteiger partial charge in [0.05, 0.1) is 12.5 Å². The van der Waals surface area contributed by atoms with E-state index in [1.165, 1.54) is 4.31 Å². The quantitative estimate of drug-likeness (QED) is 0.660. The van der Waals surface area contributed by atoms with Gasteiger partial charge in [0.15, 0.2) is 0 Å². The van der Waals surface area contributed by atoms with Gasteiger partial charge >= 0.3 is 5.97 Å². The molecule has 8 nitrogen and oxygen atoms in total. The number of carbonyl (C=O) groups is 1. The molecule has 156 valence electrons. The van der Waals surface area contributed by atoms with E-state index < -0.39 is 16.1 Å². The fraction of sp³-hybridized carbons (Fsp3) is 0.400. The summed E-state index contributed by atoms with van der Waals surface area (Å²) < 4.78 is 40.0. The van der Waals surface area contributed by atoms with Gasteiger partial charge in [0, 0.05) is 31.9 Å². The Hall–Kier alpha value is -2.49. The van der Waals surface area contributed by atoms with Gasteiger partial charge in [0.25, 0.3) is 10.2 Å². The van der Waals surface area contributed by atoms with E-state index in [9.17, 15) is 13.2 Å². The largest absolute Gasteiger partial charge is 0.466 e. The van der Waals surface area contributed by atoms with E-state index in [2.05, 4.69) is 9.71 Å². The highest BCUT2D eigenvalue weighted by Gasteiger charge is 2.32. The molecule has 0 unspecified atom stereocenters. The summed E-state index contributed by atoms with van der Waals surface area (Å²) in [5.41, 5.74) is 0.716. The molecule has 9 heteroatoms. The molecule has 1 fully saturated rings. The van der Waals surface area contributed by atoms with Crippen LogP contribution in [0, 0.1) is 5.92 Å². The van der Waals surface area contributed by atoms with E-state index in [0.717, 1.165) is 0 Å². The fourth-order valence-electron chi connectivity index (χ4n) is 3.10. The molecule has 0 radical (unpaired) electrons. The van der Waals surface area contributed by atoms with Gasteiger partial charge in [-0.15, -0.1) is 0 Å². The zero-order valence-corrected chi connectivity index (χ0v) is 17.1. The molecule has 1 aromatic carbocycles. The van der Waals surface area contributed by atoms with Gasteiger partial charge < -0.3 is 9.47 Å². The minimum absolute atomic E-state index is 0.0938. The molecule has 29 heavy (non-hydrogen) atoms. The molecule has 1 aliphatic rings. The van der Waals surface area contributed by atoms with Gasteiger partial charge in [-0.3, -0.25) is 4.79 Å². The smallest absolute Gasteiger partial charge is 0.310 e. The Bertz CT molecular complexity index is 921. The van der Waals surface area contributed by atoms with Crippen molar-refractivity contribution in [3.8, 4) is 11.6 Å². The maximum absolute atomic E-state index is 12.7. The van der Waals surface area contributed by atoms with Crippen molar-refractivity contribution in [3.05, 3.63) is 54.2 Å². The molecular formula is C20H25N3O5S. The number of pyridine rings is 1. The first-order valence-electron chi connectivity index (χ1n) is 9.57. The third kappa shape index (κ3) is 5.99. The lowest BCUT2D eigenvalue weighted by atomic mass is 10.0. The average molecular weight is 420 g/mol. The van der Waals surface area contributed by atoms with Gasteiger partial charge in [-0.1, -0.05) is 18.2 Å². The Morgan fingerprint density at radius 3 is 2.83 bits per heavy atom. The van der Waals surface area contributed by atoms with Gasteiger partial charge in [-0.05, 0) is 43.5 Å². The number of hydrogen-bond donors (Lipinski definition) is 1. The van der Waals surface area contributed by atoms with E-state index in [-0.39, 0.29) is 25.7 Å². The summed E-state index contributed by atoms with van der Waals surface area (Å²) in [5, 5.41) is 0. The van der Waals surface area contributed by atoms with E-state index in [1.54, 1.807) is 25.3 Å². The Morgan fingerprint density at radius 2 is 2.07 bits per heavy atom. The van der Waals surface area contributed by atoms with Crippen molar-refractivity contribution >= 4 is 16.2 Å². The maximum Gasteiger partial charge on any atom is 0.310 e. The minimum Gasteiger partial charge on any atom is -0.466 e. The average Bonchev–Trinajstić information content (AvgIpc) is 2.74. The van der Waals surface area contributed by atoms with Gasteiger partial charge in [0.2, 0.25) is 5.88 Å². The van der Waals surface area contributed by atoms with Crippen LogP contribution >= 0.6 is 0 Å². The number of benzene rings is 1. The highest BCUT2D eigenvalue weighted by atomic mass is 32.2. The fourth-order valence-corrected chi connectivity index (χ4v) is 4.38. The van der Waals surface area contributed by atoms with Crippen LogP contribution in [0.25, 0.3) is 0 Å². The number of carbonyl (C=O) groups excluding carboxylic acids is 1. The van der Waals surface area contributed by atoms with Crippen LogP contribution in [-0.4, -0.2) is 43.4 Å².